The van der Waals surface area contributed by atoms with Crippen LogP contribution in [0.2, 0.25) is 0 Å². The summed E-state index contributed by atoms with van der Waals surface area (Å²) in [6, 6.07) is 19.8. The molecule has 4 heteroatoms. The van der Waals surface area contributed by atoms with Gasteiger partial charge in [0, 0.05) is 42.6 Å². The second-order valence-electron chi connectivity index (χ2n) is 6.39. The van der Waals surface area contributed by atoms with Gasteiger partial charge in [-0.1, -0.05) is 48.5 Å². The van der Waals surface area contributed by atoms with Crippen molar-refractivity contribution >= 4 is 16.7 Å². The summed E-state index contributed by atoms with van der Waals surface area (Å²) < 4.78 is 7.59. The molecule has 1 aromatic heterocycles. The van der Waals surface area contributed by atoms with Crippen molar-refractivity contribution in [3.05, 3.63) is 71.9 Å². The topological polar surface area (TPSA) is 34.5 Å². The number of carbonyl (C=O) groups excluding carboxylic acids is 1. The van der Waals surface area contributed by atoms with Crippen LogP contribution in [-0.4, -0.2) is 48.1 Å². The van der Waals surface area contributed by atoms with Gasteiger partial charge in [-0.3, -0.25) is 9.69 Å². The smallest absolute Gasteiger partial charge is 0.209 e. The highest BCUT2D eigenvalue weighted by Gasteiger charge is 2.18. The van der Waals surface area contributed by atoms with Crippen LogP contribution in [0.4, 0.5) is 0 Å². The van der Waals surface area contributed by atoms with E-state index in [1.807, 2.05) is 48.5 Å². The first-order valence-electron chi connectivity index (χ1n) is 8.81. The number of carbonyl (C=O) groups is 1. The maximum atomic E-state index is 13.0. The van der Waals surface area contributed by atoms with Gasteiger partial charge >= 0.3 is 0 Å². The molecule has 0 bridgehead atoms. The van der Waals surface area contributed by atoms with Crippen molar-refractivity contribution in [3.8, 4) is 0 Å². The van der Waals surface area contributed by atoms with E-state index in [1.165, 1.54) is 0 Å². The summed E-state index contributed by atoms with van der Waals surface area (Å²) in [4.78, 5) is 15.4. The van der Waals surface area contributed by atoms with E-state index in [9.17, 15) is 4.79 Å². The van der Waals surface area contributed by atoms with Crippen LogP contribution in [0.5, 0.6) is 0 Å². The predicted molar refractivity (Wildman–Crippen MR) is 99.1 cm³/mol. The molecule has 4 rings (SSSR count). The fraction of sp³-hybridized carbons (Fsp3) is 0.286. The highest BCUT2D eigenvalue weighted by Crippen LogP contribution is 2.22. The summed E-state index contributed by atoms with van der Waals surface area (Å²) in [5, 5.41) is 1.11. The lowest BCUT2D eigenvalue weighted by atomic mass is 10.1. The number of hydrogen-bond acceptors (Lipinski definition) is 3. The summed E-state index contributed by atoms with van der Waals surface area (Å²) in [6.45, 7) is 5.24. The SMILES string of the molecule is O=C(c1ccccc1)c1cc2ccccc2n1CCN1CCOCC1. The normalized spacial score (nSPS) is 15.5. The van der Waals surface area contributed by atoms with E-state index in [0.717, 1.165) is 61.6 Å². The third-order valence-electron chi connectivity index (χ3n) is 4.82. The maximum absolute atomic E-state index is 13.0. The van der Waals surface area contributed by atoms with Crippen molar-refractivity contribution in [2.24, 2.45) is 0 Å². The summed E-state index contributed by atoms with van der Waals surface area (Å²) in [7, 11) is 0. The summed E-state index contributed by atoms with van der Waals surface area (Å²) in [5.74, 6) is 0.0822. The van der Waals surface area contributed by atoms with E-state index in [2.05, 4.69) is 21.6 Å². The molecule has 1 fully saturated rings. The Hall–Kier alpha value is -2.43. The molecule has 4 nitrogen and oxygen atoms in total. The van der Waals surface area contributed by atoms with Gasteiger partial charge in [-0.15, -0.1) is 0 Å². The number of rotatable bonds is 5. The number of nitrogens with zero attached hydrogens (tertiary/aromatic N) is 2. The number of benzene rings is 2. The zero-order valence-electron chi connectivity index (χ0n) is 14.2. The predicted octanol–water partition coefficient (Wildman–Crippen LogP) is 3.20. The largest absolute Gasteiger partial charge is 0.379 e. The van der Waals surface area contributed by atoms with E-state index in [-0.39, 0.29) is 5.78 Å². The molecule has 0 aliphatic carbocycles. The molecule has 1 saturated heterocycles. The molecule has 128 valence electrons. The standard InChI is InChI=1S/C21H22N2O2/c24-21(17-6-2-1-3-7-17)20-16-18-8-4-5-9-19(18)23(20)11-10-22-12-14-25-15-13-22/h1-9,16H,10-15H2. The van der Waals surface area contributed by atoms with Crippen molar-refractivity contribution in [1.29, 1.82) is 0 Å². The Balaban J connectivity index is 1.67. The number of hydrogen-bond donors (Lipinski definition) is 0. The summed E-state index contributed by atoms with van der Waals surface area (Å²) >= 11 is 0. The minimum Gasteiger partial charge on any atom is -0.379 e. The Morgan fingerprint density at radius 2 is 1.64 bits per heavy atom. The molecule has 0 amide bonds. The molecule has 0 saturated carbocycles. The Kier molecular flexibility index (Phi) is 4.63. The minimum absolute atomic E-state index is 0.0822. The summed E-state index contributed by atoms with van der Waals surface area (Å²) in [5.41, 5.74) is 2.62. The van der Waals surface area contributed by atoms with Crippen LogP contribution in [0.15, 0.2) is 60.7 Å². The summed E-state index contributed by atoms with van der Waals surface area (Å²) in [6.07, 6.45) is 0. The van der Waals surface area contributed by atoms with Gasteiger partial charge in [0.1, 0.15) is 0 Å². The number of aromatic nitrogens is 1. The van der Waals surface area contributed by atoms with E-state index >= 15 is 0 Å². The van der Waals surface area contributed by atoms with Gasteiger partial charge in [0.25, 0.3) is 0 Å². The van der Waals surface area contributed by atoms with Crippen LogP contribution in [0.3, 0.4) is 0 Å². The van der Waals surface area contributed by atoms with Crippen molar-refractivity contribution in [1.82, 2.24) is 9.47 Å². The number of para-hydroxylation sites is 1. The molecule has 2 heterocycles. The van der Waals surface area contributed by atoms with Gasteiger partial charge in [-0.2, -0.15) is 0 Å². The minimum atomic E-state index is 0.0822. The van der Waals surface area contributed by atoms with Crippen molar-refractivity contribution in [3.63, 3.8) is 0 Å². The highest BCUT2D eigenvalue weighted by molar-refractivity contribution is 6.10. The van der Waals surface area contributed by atoms with Crippen LogP contribution in [0, 0.1) is 0 Å². The molecule has 0 radical (unpaired) electrons. The highest BCUT2D eigenvalue weighted by atomic mass is 16.5. The van der Waals surface area contributed by atoms with Gasteiger partial charge in [-0.25, -0.2) is 0 Å². The Morgan fingerprint density at radius 1 is 0.920 bits per heavy atom. The number of morpholine rings is 1. The van der Waals surface area contributed by atoms with Gasteiger partial charge < -0.3 is 9.30 Å². The second-order valence-corrected chi connectivity index (χ2v) is 6.39. The van der Waals surface area contributed by atoms with E-state index < -0.39 is 0 Å². The molecule has 1 aliphatic heterocycles. The zero-order valence-corrected chi connectivity index (χ0v) is 14.2. The zero-order chi connectivity index (χ0) is 17.1. The lowest BCUT2D eigenvalue weighted by Gasteiger charge is -2.27. The molecule has 2 aromatic carbocycles. The Labute approximate surface area is 147 Å². The monoisotopic (exact) mass is 334 g/mol. The van der Waals surface area contributed by atoms with Gasteiger partial charge in [0.2, 0.25) is 5.78 Å². The lowest BCUT2D eigenvalue weighted by molar-refractivity contribution is 0.0364. The van der Waals surface area contributed by atoms with Gasteiger partial charge in [-0.05, 0) is 12.1 Å². The van der Waals surface area contributed by atoms with Crippen molar-refractivity contribution < 1.29 is 9.53 Å². The molecule has 3 aromatic rings. The first-order valence-corrected chi connectivity index (χ1v) is 8.81. The van der Waals surface area contributed by atoms with Crippen molar-refractivity contribution in [2.75, 3.05) is 32.8 Å². The average molecular weight is 334 g/mol. The van der Waals surface area contributed by atoms with Gasteiger partial charge in [0.05, 0.1) is 18.9 Å². The number of ketones is 1. The van der Waals surface area contributed by atoms with Crippen LogP contribution >= 0.6 is 0 Å². The second kappa shape index (κ2) is 7.21. The van der Waals surface area contributed by atoms with E-state index in [0.29, 0.717) is 0 Å². The third-order valence-corrected chi connectivity index (χ3v) is 4.82. The first kappa shape index (κ1) is 16.1. The van der Waals surface area contributed by atoms with Crippen LogP contribution < -0.4 is 0 Å². The Morgan fingerprint density at radius 3 is 2.44 bits per heavy atom. The van der Waals surface area contributed by atoms with Crippen LogP contribution in [-0.2, 0) is 11.3 Å². The molecule has 0 atom stereocenters. The quantitative estimate of drug-likeness (QED) is 0.672. The fourth-order valence-electron chi connectivity index (χ4n) is 3.44. The van der Waals surface area contributed by atoms with Crippen LogP contribution in [0.25, 0.3) is 10.9 Å². The van der Waals surface area contributed by atoms with Crippen molar-refractivity contribution in [2.45, 2.75) is 6.54 Å². The fourth-order valence-corrected chi connectivity index (χ4v) is 3.44. The average Bonchev–Trinajstić information content (AvgIpc) is 3.06. The molecule has 0 unspecified atom stereocenters. The maximum Gasteiger partial charge on any atom is 0.209 e. The number of ether oxygens (including phenoxy) is 1. The molecular weight excluding hydrogens is 312 g/mol. The van der Waals surface area contributed by atoms with E-state index in [4.69, 9.17) is 4.74 Å². The lowest BCUT2D eigenvalue weighted by Crippen LogP contribution is -2.38. The molecule has 0 spiro atoms. The Bertz CT molecular complexity index is 864. The van der Waals surface area contributed by atoms with Crippen LogP contribution in [0.1, 0.15) is 16.1 Å². The molecule has 1 aliphatic rings. The third kappa shape index (κ3) is 3.36. The number of fused-ring (bicyclic) bond motifs is 1. The first-order chi connectivity index (χ1) is 12.3. The molecule has 0 N–H and O–H groups in total. The van der Waals surface area contributed by atoms with Gasteiger partial charge in [0.15, 0.2) is 0 Å². The molecular formula is C21H22N2O2. The van der Waals surface area contributed by atoms with E-state index in [1.54, 1.807) is 0 Å². The molecule has 25 heavy (non-hydrogen) atoms.